The SMILES string of the molecule is C1=CC(c2cccc3c2C2C=C(C4=CCCC(C5C=CC(C6N=C(C7=CCCC=C7)NC(c7ccccc7)N6)=CC5)=C4)C4=C(C=CCC4)C2O3)C2OC3C=CCCC3C2=C1. The van der Waals surface area contributed by atoms with Crippen molar-refractivity contribution >= 4 is 5.84 Å². The van der Waals surface area contributed by atoms with Crippen LogP contribution in [0.1, 0.15) is 92.5 Å². The molecule has 0 saturated carbocycles. The van der Waals surface area contributed by atoms with E-state index in [9.17, 15) is 0 Å². The van der Waals surface area contributed by atoms with Crippen LogP contribution in [0.25, 0.3) is 0 Å². The second kappa shape index (κ2) is 15.2. The average molecular weight is 788 g/mol. The summed E-state index contributed by atoms with van der Waals surface area (Å²) in [5, 5.41) is 7.52. The zero-order valence-corrected chi connectivity index (χ0v) is 34.2. The molecule has 9 unspecified atom stereocenters. The molecule has 3 heterocycles. The van der Waals surface area contributed by atoms with E-state index in [2.05, 4.69) is 156 Å². The molecule has 0 spiro atoms. The number of allylic oxidation sites excluding steroid dienone is 14. The van der Waals surface area contributed by atoms with E-state index >= 15 is 0 Å². The number of hydrogen-bond donors (Lipinski definition) is 2. The Labute approximate surface area is 354 Å². The highest BCUT2D eigenvalue weighted by Gasteiger charge is 2.47. The van der Waals surface area contributed by atoms with Crippen LogP contribution in [0.4, 0.5) is 0 Å². The molecular weight excluding hydrogens is 735 g/mol. The molecule has 0 aromatic heterocycles. The van der Waals surface area contributed by atoms with Gasteiger partial charge in [0, 0.05) is 34.8 Å². The number of aliphatic imine (C=N–C) groups is 1. The van der Waals surface area contributed by atoms with Gasteiger partial charge in [-0.1, -0.05) is 145 Å². The number of amidine groups is 1. The highest BCUT2D eigenvalue weighted by Crippen LogP contribution is 2.55. The summed E-state index contributed by atoms with van der Waals surface area (Å²) >= 11 is 0. The maximum atomic E-state index is 6.98. The van der Waals surface area contributed by atoms with Gasteiger partial charge in [0.15, 0.2) is 0 Å². The molecule has 300 valence electrons. The summed E-state index contributed by atoms with van der Waals surface area (Å²) in [6, 6.07) is 17.4. The van der Waals surface area contributed by atoms with E-state index in [0.717, 1.165) is 63.0 Å². The van der Waals surface area contributed by atoms with E-state index in [1.807, 2.05) is 0 Å². The van der Waals surface area contributed by atoms with Crippen LogP contribution in [0.3, 0.4) is 0 Å². The number of nitrogens with zero attached hydrogens (tertiary/aromatic N) is 1. The van der Waals surface area contributed by atoms with E-state index in [-0.39, 0.29) is 42.5 Å². The third-order valence-corrected chi connectivity index (χ3v) is 14.6. The molecule has 5 nitrogen and oxygen atoms in total. The molecule has 10 aliphatic rings. The van der Waals surface area contributed by atoms with Crippen molar-refractivity contribution in [3.8, 4) is 5.75 Å². The van der Waals surface area contributed by atoms with Crippen LogP contribution in [0.5, 0.6) is 5.75 Å². The summed E-state index contributed by atoms with van der Waals surface area (Å²) in [7, 11) is 0. The zero-order chi connectivity index (χ0) is 39.6. The minimum atomic E-state index is -0.116. The fourth-order valence-corrected chi connectivity index (χ4v) is 11.6. The van der Waals surface area contributed by atoms with E-state index < -0.39 is 0 Å². The Morgan fingerprint density at radius 2 is 1.68 bits per heavy atom. The Hall–Kier alpha value is -5.49. The summed E-state index contributed by atoms with van der Waals surface area (Å²) in [6.07, 6.45) is 47.9. The van der Waals surface area contributed by atoms with Gasteiger partial charge in [-0.05, 0) is 108 Å². The second-order valence-corrected chi connectivity index (χ2v) is 18.0. The number of hydrogen-bond acceptors (Lipinski definition) is 5. The quantitative estimate of drug-likeness (QED) is 0.286. The van der Waals surface area contributed by atoms with Crippen LogP contribution < -0.4 is 15.4 Å². The molecule has 3 aliphatic heterocycles. The molecule has 2 aromatic rings. The Morgan fingerprint density at radius 1 is 0.750 bits per heavy atom. The van der Waals surface area contributed by atoms with E-state index in [0.29, 0.717) is 11.8 Å². The van der Waals surface area contributed by atoms with Crippen molar-refractivity contribution in [2.24, 2.45) is 16.8 Å². The van der Waals surface area contributed by atoms with Crippen LogP contribution in [-0.4, -0.2) is 30.3 Å². The molecule has 60 heavy (non-hydrogen) atoms. The van der Waals surface area contributed by atoms with Crippen molar-refractivity contribution in [2.75, 3.05) is 0 Å². The summed E-state index contributed by atoms with van der Waals surface area (Å²) in [5.74, 6) is 3.21. The molecule has 0 bridgehead atoms. The van der Waals surface area contributed by atoms with Crippen LogP contribution in [0, 0.1) is 11.8 Å². The van der Waals surface area contributed by atoms with Gasteiger partial charge in [0.05, 0.1) is 12.2 Å². The molecule has 7 aliphatic carbocycles. The van der Waals surface area contributed by atoms with Gasteiger partial charge in [-0.3, -0.25) is 5.32 Å². The molecule has 2 aromatic carbocycles. The van der Waals surface area contributed by atoms with Crippen LogP contribution in [0.15, 0.2) is 195 Å². The zero-order valence-electron chi connectivity index (χ0n) is 34.2. The van der Waals surface area contributed by atoms with Crippen molar-refractivity contribution in [3.05, 3.63) is 207 Å². The first-order valence-electron chi connectivity index (χ1n) is 22.7. The Bertz CT molecular complexity index is 2530. The summed E-state index contributed by atoms with van der Waals surface area (Å²) < 4.78 is 13.9. The number of ether oxygens (including phenoxy) is 2. The molecule has 5 heteroatoms. The summed E-state index contributed by atoms with van der Waals surface area (Å²) in [5.41, 5.74) is 15.0. The maximum absolute atomic E-state index is 6.98. The Balaban J connectivity index is 0.831. The largest absolute Gasteiger partial charge is 0.484 e. The smallest absolute Gasteiger partial charge is 0.134 e. The lowest BCUT2D eigenvalue weighted by atomic mass is 9.71. The molecule has 1 fully saturated rings. The third kappa shape index (κ3) is 6.32. The first-order valence-corrected chi connectivity index (χ1v) is 22.7. The van der Waals surface area contributed by atoms with Crippen LogP contribution in [0.2, 0.25) is 0 Å². The lowest BCUT2D eigenvalue weighted by molar-refractivity contribution is 0.0568. The first kappa shape index (κ1) is 36.4. The highest BCUT2D eigenvalue weighted by molar-refractivity contribution is 6.01. The first-order chi connectivity index (χ1) is 29.7. The topological polar surface area (TPSA) is 54.9 Å². The minimum absolute atomic E-state index is 0.00482. The number of benzene rings is 2. The molecule has 1 saturated heterocycles. The fraction of sp³-hybridized carbons (Fsp3) is 0.327. The van der Waals surface area contributed by atoms with Gasteiger partial charge >= 0.3 is 0 Å². The van der Waals surface area contributed by atoms with Gasteiger partial charge in [0.1, 0.15) is 30.0 Å². The Morgan fingerprint density at radius 3 is 2.58 bits per heavy atom. The predicted molar refractivity (Wildman–Crippen MR) is 241 cm³/mol. The monoisotopic (exact) mass is 787 g/mol. The van der Waals surface area contributed by atoms with Crippen molar-refractivity contribution < 1.29 is 9.47 Å². The third-order valence-electron chi connectivity index (χ3n) is 14.6. The van der Waals surface area contributed by atoms with Gasteiger partial charge in [0.25, 0.3) is 0 Å². The van der Waals surface area contributed by atoms with Crippen molar-refractivity contribution in [2.45, 2.75) is 100 Å². The summed E-state index contributed by atoms with van der Waals surface area (Å²) in [6.45, 7) is 0. The van der Waals surface area contributed by atoms with Crippen molar-refractivity contribution in [3.63, 3.8) is 0 Å². The lowest BCUT2D eigenvalue weighted by Crippen LogP contribution is -2.49. The van der Waals surface area contributed by atoms with Crippen molar-refractivity contribution in [1.82, 2.24) is 10.6 Å². The van der Waals surface area contributed by atoms with Crippen LogP contribution >= 0.6 is 0 Å². The summed E-state index contributed by atoms with van der Waals surface area (Å²) in [4.78, 5) is 5.25. The van der Waals surface area contributed by atoms with Crippen LogP contribution in [-0.2, 0) is 4.74 Å². The average Bonchev–Trinajstić information content (AvgIpc) is 3.91. The minimum Gasteiger partial charge on any atom is -0.484 e. The van der Waals surface area contributed by atoms with E-state index in [4.69, 9.17) is 14.5 Å². The number of rotatable bonds is 6. The number of fused-ring (bicyclic) bond motifs is 7. The van der Waals surface area contributed by atoms with Gasteiger partial charge in [-0.2, -0.15) is 0 Å². The molecule has 9 atom stereocenters. The normalized spacial score (nSPS) is 33.3. The molecular formula is C55H53N3O2. The highest BCUT2D eigenvalue weighted by atomic mass is 16.5. The Kier molecular flexibility index (Phi) is 9.22. The molecule has 0 radical (unpaired) electrons. The van der Waals surface area contributed by atoms with Gasteiger partial charge < -0.3 is 14.8 Å². The van der Waals surface area contributed by atoms with Gasteiger partial charge in [-0.15, -0.1) is 0 Å². The van der Waals surface area contributed by atoms with E-state index in [1.54, 1.807) is 0 Å². The number of nitrogens with one attached hydrogen (secondary N) is 2. The molecule has 0 amide bonds. The van der Waals surface area contributed by atoms with Gasteiger partial charge in [0.2, 0.25) is 0 Å². The predicted octanol–water partition coefficient (Wildman–Crippen LogP) is 11.5. The lowest BCUT2D eigenvalue weighted by Gasteiger charge is -2.34. The second-order valence-electron chi connectivity index (χ2n) is 18.0. The molecule has 2 N–H and O–H groups in total. The fourth-order valence-electron chi connectivity index (χ4n) is 11.6. The standard InChI is InChI=1S/C55H53N3O2/c1-3-14-35(15-4-1)53-56-54(36-16-5-2-6-17-36)58-55(57-53)37-30-28-34(29-31-37)38-18-11-19-39(32-38)46-33-47-50-42(23-13-27-49(50)60-52(47)43-22-8-7-20-40(43)46)45-25-12-24-44-41-21-9-10-26-48(41)59-51(44)45/h1,3-5,8,10,12-17,19,22-28,30-34,41,45,47-48,51-53,55,57H,2,6-7,9,11,18,20-21,29H2,(H,56,58). The maximum Gasteiger partial charge on any atom is 0.134 e. The van der Waals surface area contributed by atoms with Gasteiger partial charge in [-0.25, -0.2) is 4.99 Å². The van der Waals surface area contributed by atoms with E-state index in [1.165, 1.54) is 67.7 Å². The molecule has 12 rings (SSSR count). The van der Waals surface area contributed by atoms with Crippen molar-refractivity contribution in [1.29, 1.82) is 0 Å².